The van der Waals surface area contributed by atoms with Crippen molar-refractivity contribution in [3.8, 4) is 22.6 Å². The fourth-order valence-corrected chi connectivity index (χ4v) is 2.05. The third-order valence-electron chi connectivity index (χ3n) is 2.95. The van der Waals surface area contributed by atoms with Gasteiger partial charge < -0.3 is 19.7 Å². The Morgan fingerprint density at radius 3 is 2.58 bits per heavy atom. The molecule has 1 aromatic carbocycles. The summed E-state index contributed by atoms with van der Waals surface area (Å²) in [4.78, 5) is 0. The van der Waals surface area contributed by atoms with Gasteiger partial charge in [-0.05, 0) is 24.1 Å². The van der Waals surface area contributed by atoms with Crippen molar-refractivity contribution in [3.05, 3.63) is 23.9 Å². The predicted molar refractivity (Wildman–Crippen MR) is 73.5 cm³/mol. The molecular formula is C14H18N2O3. The summed E-state index contributed by atoms with van der Waals surface area (Å²) in [5.41, 5.74) is 8.48. The number of ether oxygens (including phenoxy) is 2. The fraction of sp³-hybridized carbons (Fsp3) is 0.357. The normalized spacial score (nSPS) is 10.5. The van der Waals surface area contributed by atoms with Crippen molar-refractivity contribution in [1.82, 2.24) is 5.16 Å². The molecule has 0 radical (unpaired) electrons. The largest absolute Gasteiger partial charge is 0.493 e. The van der Waals surface area contributed by atoms with Crippen LogP contribution in [0.5, 0.6) is 11.5 Å². The summed E-state index contributed by atoms with van der Waals surface area (Å²) in [5.74, 6) is 1.66. The molecule has 2 aromatic rings. The lowest BCUT2D eigenvalue weighted by atomic mass is 10.0. The molecule has 0 aliphatic carbocycles. The van der Waals surface area contributed by atoms with Crippen molar-refractivity contribution in [2.75, 3.05) is 20.0 Å². The highest BCUT2D eigenvalue weighted by atomic mass is 16.5. The summed E-state index contributed by atoms with van der Waals surface area (Å²) in [6, 6.07) is 5.64. The summed E-state index contributed by atoms with van der Waals surface area (Å²) in [7, 11) is 3.21. The van der Waals surface area contributed by atoms with Crippen LogP contribution in [0.1, 0.15) is 19.0 Å². The van der Waals surface area contributed by atoms with Gasteiger partial charge in [-0.25, -0.2) is 0 Å². The summed E-state index contributed by atoms with van der Waals surface area (Å²) < 4.78 is 15.6. The van der Waals surface area contributed by atoms with E-state index in [0.717, 1.165) is 29.7 Å². The number of anilines is 1. The molecular weight excluding hydrogens is 244 g/mol. The van der Waals surface area contributed by atoms with Crippen LogP contribution in [0.15, 0.2) is 22.7 Å². The second kappa shape index (κ2) is 5.65. The van der Waals surface area contributed by atoms with Crippen molar-refractivity contribution >= 4 is 5.88 Å². The lowest BCUT2D eigenvalue weighted by molar-refractivity contribution is 0.355. The van der Waals surface area contributed by atoms with Gasteiger partial charge in [-0.1, -0.05) is 24.6 Å². The Kier molecular flexibility index (Phi) is 3.94. The van der Waals surface area contributed by atoms with E-state index in [2.05, 4.69) is 12.1 Å². The average Bonchev–Trinajstić information content (AvgIpc) is 2.79. The molecule has 5 heteroatoms. The Morgan fingerprint density at radius 2 is 1.95 bits per heavy atom. The minimum absolute atomic E-state index is 0.329. The van der Waals surface area contributed by atoms with E-state index in [0.29, 0.717) is 17.4 Å². The zero-order valence-electron chi connectivity index (χ0n) is 11.4. The summed E-state index contributed by atoms with van der Waals surface area (Å²) >= 11 is 0. The standard InChI is InChI=1S/C14H18N2O3/c1-4-5-10-13(14(15)19-16-10)9-6-7-11(17-2)12(8-9)18-3/h6-8H,4-5,15H2,1-3H3. The van der Waals surface area contributed by atoms with E-state index >= 15 is 0 Å². The highest BCUT2D eigenvalue weighted by molar-refractivity contribution is 5.76. The highest BCUT2D eigenvalue weighted by Gasteiger charge is 2.16. The molecule has 0 aliphatic heterocycles. The van der Waals surface area contributed by atoms with Crippen LogP contribution in [0.2, 0.25) is 0 Å². The first-order chi connectivity index (χ1) is 9.21. The SMILES string of the molecule is CCCc1noc(N)c1-c1ccc(OC)c(OC)c1. The Bertz CT molecular complexity index is 564. The second-order valence-corrected chi connectivity index (χ2v) is 4.19. The van der Waals surface area contributed by atoms with Crippen molar-refractivity contribution in [3.63, 3.8) is 0 Å². The number of hydrogen-bond donors (Lipinski definition) is 1. The molecule has 102 valence electrons. The van der Waals surface area contributed by atoms with Gasteiger partial charge in [-0.15, -0.1) is 0 Å². The maximum Gasteiger partial charge on any atom is 0.230 e. The van der Waals surface area contributed by atoms with Crippen molar-refractivity contribution in [2.45, 2.75) is 19.8 Å². The molecule has 1 aromatic heterocycles. The lowest BCUT2D eigenvalue weighted by Crippen LogP contribution is -1.94. The Morgan fingerprint density at radius 1 is 1.21 bits per heavy atom. The van der Waals surface area contributed by atoms with Crippen LogP contribution in [-0.4, -0.2) is 19.4 Å². The van der Waals surface area contributed by atoms with Gasteiger partial charge in [0.15, 0.2) is 11.5 Å². The average molecular weight is 262 g/mol. The number of hydrogen-bond acceptors (Lipinski definition) is 5. The molecule has 0 unspecified atom stereocenters. The molecule has 0 fully saturated rings. The zero-order chi connectivity index (χ0) is 13.8. The van der Waals surface area contributed by atoms with E-state index in [1.807, 2.05) is 18.2 Å². The molecule has 0 saturated carbocycles. The molecule has 0 spiro atoms. The van der Waals surface area contributed by atoms with Crippen LogP contribution in [0, 0.1) is 0 Å². The maximum atomic E-state index is 5.86. The van der Waals surface area contributed by atoms with Gasteiger partial charge in [0.2, 0.25) is 5.88 Å². The molecule has 19 heavy (non-hydrogen) atoms. The third kappa shape index (κ3) is 2.50. The molecule has 5 nitrogen and oxygen atoms in total. The Hall–Kier alpha value is -2.17. The number of nitrogens with zero attached hydrogens (tertiary/aromatic N) is 1. The van der Waals surface area contributed by atoms with E-state index < -0.39 is 0 Å². The molecule has 2 N–H and O–H groups in total. The van der Waals surface area contributed by atoms with E-state index in [-0.39, 0.29) is 0 Å². The van der Waals surface area contributed by atoms with Gasteiger partial charge in [0, 0.05) is 0 Å². The fourth-order valence-electron chi connectivity index (χ4n) is 2.05. The van der Waals surface area contributed by atoms with Gasteiger partial charge >= 0.3 is 0 Å². The lowest BCUT2D eigenvalue weighted by Gasteiger charge is -2.09. The van der Waals surface area contributed by atoms with Crippen molar-refractivity contribution in [1.29, 1.82) is 0 Å². The number of aryl methyl sites for hydroxylation is 1. The van der Waals surface area contributed by atoms with Crippen molar-refractivity contribution < 1.29 is 14.0 Å². The first-order valence-electron chi connectivity index (χ1n) is 6.17. The van der Waals surface area contributed by atoms with Crippen LogP contribution in [0.25, 0.3) is 11.1 Å². The van der Waals surface area contributed by atoms with Crippen LogP contribution in [0.3, 0.4) is 0 Å². The smallest absolute Gasteiger partial charge is 0.230 e. The molecule has 0 atom stereocenters. The van der Waals surface area contributed by atoms with Gasteiger partial charge in [-0.2, -0.15) is 0 Å². The Balaban J connectivity index is 2.49. The third-order valence-corrected chi connectivity index (χ3v) is 2.95. The highest BCUT2D eigenvalue weighted by Crippen LogP contribution is 2.36. The summed E-state index contributed by atoms with van der Waals surface area (Å²) in [6.07, 6.45) is 1.80. The number of nitrogen functional groups attached to an aromatic ring is 1. The molecule has 2 rings (SSSR count). The summed E-state index contributed by atoms with van der Waals surface area (Å²) in [5, 5.41) is 4.01. The van der Waals surface area contributed by atoms with Crippen LogP contribution in [0.4, 0.5) is 5.88 Å². The van der Waals surface area contributed by atoms with Crippen LogP contribution >= 0.6 is 0 Å². The molecule has 0 saturated heterocycles. The van der Waals surface area contributed by atoms with Gasteiger partial charge in [0.05, 0.1) is 25.5 Å². The molecule has 0 aliphatic rings. The van der Waals surface area contributed by atoms with Crippen LogP contribution < -0.4 is 15.2 Å². The number of rotatable bonds is 5. The quantitative estimate of drug-likeness (QED) is 0.897. The van der Waals surface area contributed by atoms with E-state index in [9.17, 15) is 0 Å². The molecule has 1 heterocycles. The Labute approximate surface area is 112 Å². The van der Waals surface area contributed by atoms with Gasteiger partial charge in [0.25, 0.3) is 0 Å². The van der Waals surface area contributed by atoms with Gasteiger partial charge in [-0.3, -0.25) is 0 Å². The van der Waals surface area contributed by atoms with Gasteiger partial charge in [0.1, 0.15) is 0 Å². The number of nitrogens with two attached hydrogens (primary N) is 1. The first-order valence-corrected chi connectivity index (χ1v) is 6.17. The minimum Gasteiger partial charge on any atom is -0.493 e. The number of aromatic nitrogens is 1. The van der Waals surface area contributed by atoms with E-state index in [1.54, 1.807) is 14.2 Å². The monoisotopic (exact) mass is 262 g/mol. The number of benzene rings is 1. The zero-order valence-corrected chi connectivity index (χ0v) is 11.4. The molecule has 0 bridgehead atoms. The van der Waals surface area contributed by atoms with E-state index in [1.165, 1.54) is 0 Å². The topological polar surface area (TPSA) is 70.5 Å². The second-order valence-electron chi connectivity index (χ2n) is 4.19. The maximum absolute atomic E-state index is 5.86. The first kappa shape index (κ1) is 13.3. The van der Waals surface area contributed by atoms with E-state index in [4.69, 9.17) is 19.7 Å². The predicted octanol–water partition coefficient (Wildman–Crippen LogP) is 2.89. The minimum atomic E-state index is 0.329. The van der Waals surface area contributed by atoms with Crippen LogP contribution in [-0.2, 0) is 6.42 Å². The van der Waals surface area contributed by atoms with Crippen molar-refractivity contribution in [2.24, 2.45) is 0 Å². The summed E-state index contributed by atoms with van der Waals surface area (Å²) in [6.45, 7) is 2.09. The number of methoxy groups -OCH3 is 2. The molecule has 0 amide bonds.